The average Bonchev–Trinajstić information content (AvgIpc) is 2.14. The van der Waals surface area contributed by atoms with Gasteiger partial charge in [-0.15, -0.1) is 0 Å². The summed E-state index contributed by atoms with van der Waals surface area (Å²) in [6.07, 6.45) is 3.27. The van der Waals surface area contributed by atoms with E-state index >= 15 is 0 Å². The molecule has 0 aromatic heterocycles. The highest BCUT2D eigenvalue weighted by atomic mass is 35.5. The second-order valence-electron chi connectivity index (χ2n) is 3.19. The second-order valence-corrected chi connectivity index (χ2v) is 3.94. The van der Waals surface area contributed by atoms with Crippen molar-refractivity contribution in [1.29, 1.82) is 0 Å². The van der Waals surface area contributed by atoms with Gasteiger partial charge in [-0.3, -0.25) is 4.79 Å². The molecule has 0 saturated heterocycles. The molecule has 0 aliphatic carbocycles. The molecule has 0 unspecified atom stereocenters. The van der Waals surface area contributed by atoms with E-state index in [9.17, 15) is 4.79 Å². The number of rotatable bonds is 4. The molecule has 0 radical (unpaired) electrons. The Morgan fingerprint density at radius 3 is 2.64 bits per heavy atom. The molecule has 0 atom stereocenters. The highest BCUT2D eigenvalue weighted by Gasteiger charge is 2.07. The number of unbranched alkanes of at least 4 members (excludes halogenated alkanes) is 1. The summed E-state index contributed by atoms with van der Waals surface area (Å²) in [5.41, 5.74) is 1.53. The SMILES string of the molecule is CCCCc1ccc(C(=O)Cl)c(Cl)c1. The predicted molar refractivity (Wildman–Crippen MR) is 60.2 cm³/mol. The topological polar surface area (TPSA) is 17.1 Å². The molecule has 76 valence electrons. The molecular formula is C11H12Cl2O. The molecule has 0 amide bonds. The van der Waals surface area contributed by atoms with Gasteiger partial charge in [-0.2, -0.15) is 0 Å². The average molecular weight is 231 g/mol. The molecule has 1 rings (SSSR count). The zero-order chi connectivity index (χ0) is 10.6. The molecule has 0 bridgehead atoms. The Bertz CT molecular complexity index is 334. The van der Waals surface area contributed by atoms with Crippen LogP contribution in [0, 0.1) is 0 Å². The highest BCUT2D eigenvalue weighted by molar-refractivity contribution is 6.68. The van der Waals surface area contributed by atoms with Crippen LogP contribution in [0.1, 0.15) is 35.7 Å². The second kappa shape index (κ2) is 5.38. The number of benzene rings is 1. The first-order chi connectivity index (χ1) is 6.65. The fourth-order valence-electron chi connectivity index (χ4n) is 1.25. The van der Waals surface area contributed by atoms with Gasteiger partial charge in [0.25, 0.3) is 5.24 Å². The van der Waals surface area contributed by atoms with Crippen LogP contribution in [-0.4, -0.2) is 5.24 Å². The van der Waals surface area contributed by atoms with E-state index in [1.807, 2.05) is 12.1 Å². The molecule has 3 heteroatoms. The maximum Gasteiger partial charge on any atom is 0.253 e. The van der Waals surface area contributed by atoms with Crippen molar-refractivity contribution in [2.45, 2.75) is 26.2 Å². The molecule has 0 spiro atoms. The van der Waals surface area contributed by atoms with Gasteiger partial charge in [0, 0.05) is 0 Å². The Balaban J connectivity index is 2.83. The van der Waals surface area contributed by atoms with Gasteiger partial charge in [-0.1, -0.05) is 31.0 Å². The van der Waals surface area contributed by atoms with Crippen molar-refractivity contribution < 1.29 is 4.79 Å². The fraction of sp³-hybridized carbons (Fsp3) is 0.364. The van der Waals surface area contributed by atoms with Gasteiger partial charge in [0.15, 0.2) is 0 Å². The van der Waals surface area contributed by atoms with Gasteiger partial charge in [0.2, 0.25) is 0 Å². The first-order valence-electron chi connectivity index (χ1n) is 4.63. The minimum atomic E-state index is -0.503. The van der Waals surface area contributed by atoms with E-state index in [1.165, 1.54) is 0 Å². The van der Waals surface area contributed by atoms with Crippen molar-refractivity contribution in [1.82, 2.24) is 0 Å². The van der Waals surface area contributed by atoms with Crippen LogP contribution in [0.2, 0.25) is 5.02 Å². The lowest BCUT2D eigenvalue weighted by Crippen LogP contribution is -1.92. The van der Waals surface area contributed by atoms with E-state index in [1.54, 1.807) is 6.07 Å². The summed E-state index contributed by atoms with van der Waals surface area (Å²) in [7, 11) is 0. The molecule has 0 saturated carbocycles. The summed E-state index contributed by atoms with van der Waals surface area (Å²) in [5, 5.41) is -0.0596. The molecule has 14 heavy (non-hydrogen) atoms. The molecule has 0 aliphatic rings. The van der Waals surface area contributed by atoms with E-state index in [0.717, 1.165) is 24.8 Å². The normalized spacial score (nSPS) is 10.2. The first kappa shape index (κ1) is 11.5. The highest BCUT2D eigenvalue weighted by Crippen LogP contribution is 2.20. The van der Waals surface area contributed by atoms with Crippen LogP contribution < -0.4 is 0 Å². The van der Waals surface area contributed by atoms with Crippen LogP contribution in [0.15, 0.2) is 18.2 Å². The maximum atomic E-state index is 10.9. The predicted octanol–water partition coefficient (Wildman–Crippen LogP) is 4.06. The van der Waals surface area contributed by atoms with Gasteiger partial charge in [-0.25, -0.2) is 0 Å². The molecule has 0 fully saturated rings. The summed E-state index contributed by atoms with van der Waals surface area (Å²) in [4.78, 5) is 10.9. The lowest BCUT2D eigenvalue weighted by Gasteiger charge is -2.03. The Morgan fingerprint density at radius 1 is 1.43 bits per heavy atom. The first-order valence-corrected chi connectivity index (χ1v) is 5.39. The number of aryl methyl sites for hydroxylation is 1. The summed E-state index contributed by atoms with van der Waals surface area (Å²) < 4.78 is 0. The zero-order valence-corrected chi connectivity index (χ0v) is 9.53. The molecule has 1 nitrogen and oxygen atoms in total. The van der Waals surface area contributed by atoms with Crippen molar-refractivity contribution in [3.63, 3.8) is 0 Å². The standard InChI is InChI=1S/C11H12Cl2O/c1-2-3-4-8-5-6-9(11(13)14)10(12)7-8/h5-7H,2-4H2,1H3. The monoisotopic (exact) mass is 230 g/mol. The summed E-state index contributed by atoms with van der Waals surface area (Å²) >= 11 is 11.2. The van der Waals surface area contributed by atoms with Gasteiger partial charge in [0.05, 0.1) is 10.6 Å². The summed E-state index contributed by atoms with van der Waals surface area (Å²) in [5.74, 6) is 0. The smallest absolute Gasteiger partial charge is 0.253 e. The van der Waals surface area contributed by atoms with Gasteiger partial charge >= 0.3 is 0 Å². The van der Waals surface area contributed by atoms with Crippen molar-refractivity contribution in [3.05, 3.63) is 34.3 Å². The summed E-state index contributed by atoms with van der Waals surface area (Å²) in [6.45, 7) is 2.14. The van der Waals surface area contributed by atoms with Crippen LogP contribution in [0.5, 0.6) is 0 Å². The Morgan fingerprint density at radius 2 is 2.14 bits per heavy atom. The number of hydrogen-bond acceptors (Lipinski definition) is 1. The van der Waals surface area contributed by atoms with Crippen LogP contribution in [0.25, 0.3) is 0 Å². The van der Waals surface area contributed by atoms with Crippen molar-refractivity contribution >= 4 is 28.4 Å². The number of hydrogen-bond donors (Lipinski definition) is 0. The molecule has 1 aromatic carbocycles. The molecule has 1 aromatic rings. The third kappa shape index (κ3) is 3.00. The van der Waals surface area contributed by atoms with Crippen LogP contribution >= 0.6 is 23.2 Å². The fourth-order valence-corrected chi connectivity index (χ4v) is 1.76. The largest absolute Gasteiger partial charge is 0.276 e. The van der Waals surface area contributed by atoms with Gasteiger partial charge in [0.1, 0.15) is 0 Å². The van der Waals surface area contributed by atoms with Crippen LogP contribution in [-0.2, 0) is 6.42 Å². The Labute approximate surface area is 94.0 Å². The lowest BCUT2D eigenvalue weighted by atomic mass is 10.1. The van der Waals surface area contributed by atoms with E-state index in [0.29, 0.717) is 10.6 Å². The minimum Gasteiger partial charge on any atom is -0.276 e. The molecule has 0 N–H and O–H groups in total. The van der Waals surface area contributed by atoms with Crippen LogP contribution in [0.4, 0.5) is 0 Å². The molecule has 0 aliphatic heterocycles. The van der Waals surface area contributed by atoms with Gasteiger partial charge in [-0.05, 0) is 42.1 Å². The third-order valence-corrected chi connectivity index (χ3v) is 2.58. The van der Waals surface area contributed by atoms with Crippen molar-refractivity contribution in [2.75, 3.05) is 0 Å². The molecular weight excluding hydrogens is 219 g/mol. The number of carbonyl (C=O) groups excluding carboxylic acids is 1. The quantitative estimate of drug-likeness (QED) is 0.714. The Hall–Kier alpha value is -0.530. The third-order valence-electron chi connectivity index (χ3n) is 2.06. The van der Waals surface area contributed by atoms with Crippen molar-refractivity contribution in [3.8, 4) is 0 Å². The Kier molecular flexibility index (Phi) is 4.43. The van der Waals surface area contributed by atoms with E-state index in [2.05, 4.69) is 6.92 Å². The maximum absolute atomic E-state index is 10.9. The minimum absolute atomic E-state index is 0.383. The van der Waals surface area contributed by atoms with E-state index < -0.39 is 5.24 Å². The van der Waals surface area contributed by atoms with Crippen molar-refractivity contribution in [2.24, 2.45) is 0 Å². The van der Waals surface area contributed by atoms with E-state index in [-0.39, 0.29) is 0 Å². The van der Waals surface area contributed by atoms with Crippen LogP contribution in [0.3, 0.4) is 0 Å². The molecule has 0 heterocycles. The number of carbonyl (C=O) groups is 1. The van der Waals surface area contributed by atoms with Gasteiger partial charge < -0.3 is 0 Å². The number of halogens is 2. The lowest BCUT2D eigenvalue weighted by molar-refractivity contribution is 0.108. The summed E-state index contributed by atoms with van der Waals surface area (Å²) in [6, 6.07) is 5.40. The van der Waals surface area contributed by atoms with E-state index in [4.69, 9.17) is 23.2 Å². The zero-order valence-electron chi connectivity index (χ0n) is 8.02.